The van der Waals surface area contributed by atoms with Crippen molar-refractivity contribution in [3.8, 4) is 17.1 Å². The zero-order chi connectivity index (χ0) is 17.6. The van der Waals surface area contributed by atoms with E-state index in [4.69, 9.17) is 9.26 Å². The minimum absolute atomic E-state index is 0.0815. The molecule has 138 valence electrons. The topological polar surface area (TPSA) is 58.7 Å². The highest BCUT2D eigenvalue weighted by Gasteiger charge is 2.47. The summed E-state index contributed by atoms with van der Waals surface area (Å²) in [6.07, 6.45) is 6.38. The van der Waals surface area contributed by atoms with Gasteiger partial charge in [0.2, 0.25) is 0 Å². The van der Waals surface area contributed by atoms with E-state index in [0.717, 1.165) is 42.7 Å². The van der Waals surface area contributed by atoms with Gasteiger partial charge in [0.1, 0.15) is 5.75 Å². The van der Waals surface area contributed by atoms with Crippen LogP contribution in [0.3, 0.4) is 0 Å². The van der Waals surface area contributed by atoms with Gasteiger partial charge in [0, 0.05) is 31.1 Å². The monoisotopic (exact) mass is 354 g/mol. The van der Waals surface area contributed by atoms with Crippen LogP contribution >= 0.6 is 0 Å². The van der Waals surface area contributed by atoms with Crippen molar-refractivity contribution in [2.45, 2.75) is 37.6 Å². The molecule has 2 aromatic rings. The maximum Gasteiger partial charge on any atom is 0.167 e. The molecule has 1 saturated heterocycles. The molecule has 1 aliphatic heterocycles. The quantitative estimate of drug-likeness (QED) is 0.786. The van der Waals surface area contributed by atoms with Crippen LogP contribution in [0.15, 0.2) is 34.9 Å². The van der Waals surface area contributed by atoms with E-state index < -0.39 is 0 Å². The van der Waals surface area contributed by atoms with Crippen LogP contribution in [0.25, 0.3) is 11.3 Å². The minimum atomic E-state index is 0.0815. The standard InChI is InChI=1S/C21H26N2O3/c24-19-3-1-2-17(8-19)20-9-18(22-26-20)10-21(13-25-14-21)23(11-15-4-5-15)12-16-6-7-16/h1-3,8-9,15-16,24H,4-7,10-14H2. The van der Waals surface area contributed by atoms with Gasteiger partial charge >= 0.3 is 0 Å². The number of aromatic hydroxyl groups is 1. The van der Waals surface area contributed by atoms with Crippen molar-refractivity contribution < 1.29 is 14.4 Å². The third-order valence-electron chi connectivity index (χ3n) is 5.96. The van der Waals surface area contributed by atoms with Gasteiger partial charge in [-0.15, -0.1) is 0 Å². The summed E-state index contributed by atoms with van der Waals surface area (Å²) in [7, 11) is 0. The summed E-state index contributed by atoms with van der Waals surface area (Å²) in [5.41, 5.74) is 1.91. The molecule has 0 amide bonds. The predicted molar refractivity (Wildman–Crippen MR) is 97.9 cm³/mol. The summed E-state index contributed by atoms with van der Waals surface area (Å²) in [4.78, 5) is 2.70. The number of benzene rings is 1. The first kappa shape index (κ1) is 16.3. The number of rotatable bonds is 8. The van der Waals surface area contributed by atoms with E-state index in [1.807, 2.05) is 18.2 Å². The van der Waals surface area contributed by atoms with E-state index in [-0.39, 0.29) is 11.3 Å². The van der Waals surface area contributed by atoms with Crippen LogP contribution in [0.2, 0.25) is 0 Å². The molecule has 26 heavy (non-hydrogen) atoms. The first-order valence-electron chi connectivity index (χ1n) is 9.78. The summed E-state index contributed by atoms with van der Waals surface area (Å²) in [6, 6.07) is 9.13. The van der Waals surface area contributed by atoms with Gasteiger partial charge in [0.25, 0.3) is 0 Å². The van der Waals surface area contributed by atoms with Crippen molar-refractivity contribution in [1.29, 1.82) is 0 Å². The maximum atomic E-state index is 9.68. The van der Waals surface area contributed by atoms with Gasteiger partial charge < -0.3 is 14.4 Å². The lowest BCUT2D eigenvalue weighted by molar-refractivity contribution is -0.143. The summed E-state index contributed by atoms with van der Waals surface area (Å²) in [6.45, 7) is 4.00. The number of phenolic OH excluding ortho intramolecular Hbond substituents is 1. The molecule has 2 saturated carbocycles. The number of nitrogens with zero attached hydrogens (tertiary/aromatic N) is 2. The molecule has 1 aromatic heterocycles. The Morgan fingerprint density at radius 2 is 1.81 bits per heavy atom. The van der Waals surface area contributed by atoms with Gasteiger partial charge in [-0.25, -0.2) is 0 Å². The van der Waals surface area contributed by atoms with E-state index in [1.54, 1.807) is 12.1 Å². The van der Waals surface area contributed by atoms with Crippen LogP contribution in [0.5, 0.6) is 5.75 Å². The Morgan fingerprint density at radius 1 is 1.08 bits per heavy atom. The van der Waals surface area contributed by atoms with Gasteiger partial charge in [-0.2, -0.15) is 0 Å². The van der Waals surface area contributed by atoms with Gasteiger partial charge in [0.15, 0.2) is 5.76 Å². The zero-order valence-corrected chi connectivity index (χ0v) is 15.1. The van der Waals surface area contributed by atoms with Gasteiger partial charge in [-0.3, -0.25) is 4.90 Å². The molecular weight excluding hydrogens is 328 g/mol. The Labute approximate surface area is 153 Å². The highest BCUT2D eigenvalue weighted by Crippen LogP contribution is 2.40. The number of aromatic nitrogens is 1. The highest BCUT2D eigenvalue weighted by molar-refractivity contribution is 5.59. The molecule has 0 radical (unpaired) electrons. The van der Waals surface area contributed by atoms with Gasteiger partial charge in [0.05, 0.1) is 24.4 Å². The predicted octanol–water partition coefficient (Wildman–Crippen LogP) is 3.48. The van der Waals surface area contributed by atoms with Crippen LogP contribution in [0.4, 0.5) is 0 Å². The van der Waals surface area contributed by atoms with Crippen LogP contribution in [0.1, 0.15) is 31.4 Å². The average Bonchev–Trinajstić information content (AvgIpc) is 3.52. The molecule has 0 atom stereocenters. The molecule has 1 aromatic carbocycles. The number of hydrogen-bond acceptors (Lipinski definition) is 5. The lowest BCUT2D eigenvalue weighted by Crippen LogP contribution is -2.64. The van der Waals surface area contributed by atoms with Crippen LogP contribution in [0, 0.1) is 11.8 Å². The molecule has 0 unspecified atom stereocenters. The second kappa shape index (κ2) is 6.39. The Morgan fingerprint density at radius 3 is 2.38 bits per heavy atom. The largest absolute Gasteiger partial charge is 0.508 e. The Kier molecular flexibility index (Phi) is 4.02. The van der Waals surface area contributed by atoms with E-state index >= 15 is 0 Å². The third kappa shape index (κ3) is 3.38. The van der Waals surface area contributed by atoms with Gasteiger partial charge in [-0.1, -0.05) is 17.3 Å². The summed E-state index contributed by atoms with van der Waals surface area (Å²) < 4.78 is 11.2. The van der Waals surface area contributed by atoms with Crippen molar-refractivity contribution >= 4 is 0 Å². The van der Waals surface area contributed by atoms with Crippen molar-refractivity contribution in [2.75, 3.05) is 26.3 Å². The van der Waals surface area contributed by atoms with E-state index in [9.17, 15) is 5.11 Å². The molecule has 5 rings (SSSR count). The third-order valence-corrected chi connectivity index (χ3v) is 5.96. The first-order valence-corrected chi connectivity index (χ1v) is 9.78. The highest BCUT2D eigenvalue weighted by atomic mass is 16.5. The average molecular weight is 354 g/mol. The van der Waals surface area contributed by atoms with Crippen LogP contribution < -0.4 is 0 Å². The molecular formula is C21H26N2O3. The molecule has 3 aliphatic rings. The second-order valence-electron chi connectivity index (χ2n) is 8.42. The fourth-order valence-corrected chi connectivity index (χ4v) is 3.95. The lowest BCUT2D eigenvalue weighted by Gasteiger charge is -2.50. The number of hydrogen-bond donors (Lipinski definition) is 1. The van der Waals surface area contributed by atoms with Crippen LogP contribution in [-0.2, 0) is 11.2 Å². The van der Waals surface area contributed by atoms with Gasteiger partial charge in [-0.05, 0) is 49.7 Å². The maximum absolute atomic E-state index is 9.68. The van der Waals surface area contributed by atoms with Crippen molar-refractivity contribution in [3.63, 3.8) is 0 Å². The molecule has 3 fully saturated rings. The number of ether oxygens (including phenoxy) is 1. The molecule has 2 aliphatic carbocycles. The summed E-state index contributed by atoms with van der Waals surface area (Å²) in [5.74, 6) is 2.71. The second-order valence-corrected chi connectivity index (χ2v) is 8.42. The van der Waals surface area contributed by atoms with Crippen molar-refractivity contribution in [3.05, 3.63) is 36.0 Å². The summed E-state index contributed by atoms with van der Waals surface area (Å²) >= 11 is 0. The Hall–Kier alpha value is -1.85. The molecule has 1 N–H and O–H groups in total. The van der Waals surface area contributed by atoms with Crippen molar-refractivity contribution in [2.24, 2.45) is 11.8 Å². The molecule has 5 nitrogen and oxygen atoms in total. The molecule has 0 spiro atoms. The molecule has 5 heteroatoms. The number of phenols is 1. The van der Waals surface area contributed by atoms with Crippen LogP contribution in [-0.4, -0.2) is 47.0 Å². The fraction of sp³-hybridized carbons (Fsp3) is 0.571. The summed E-state index contributed by atoms with van der Waals surface area (Å²) in [5, 5.41) is 14.0. The lowest BCUT2D eigenvalue weighted by atomic mass is 9.88. The smallest absolute Gasteiger partial charge is 0.167 e. The van der Waals surface area contributed by atoms with E-state index in [2.05, 4.69) is 10.1 Å². The Bertz CT molecular complexity index is 761. The fourth-order valence-electron chi connectivity index (χ4n) is 3.95. The zero-order valence-electron chi connectivity index (χ0n) is 15.1. The molecule has 2 heterocycles. The minimum Gasteiger partial charge on any atom is -0.508 e. The SMILES string of the molecule is Oc1cccc(-c2cc(CC3(N(CC4CC4)CC4CC4)COC3)no2)c1. The normalized spacial score (nSPS) is 21.7. The molecule has 0 bridgehead atoms. The first-order chi connectivity index (χ1) is 12.7. The van der Waals surface area contributed by atoms with E-state index in [1.165, 1.54) is 38.8 Å². The Balaban J connectivity index is 1.34. The van der Waals surface area contributed by atoms with E-state index in [0.29, 0.717) is 5.76 Å². The van der Waals surface area contributed by atoms with Crippen molar-refractivity contribution in [1.82, 2.24) is 10.1 Å².